The topological polar surface area (TPSA) is 163 Å². The molecule has 1 aromatic carbocycles. The normalized spacial score (nSPS) is 14.4. The van der Waals surface area contributed by atoms with Gasteiger partial charge in [-0.25, -0.2) is 24.4 Å². The summed E-state index contributed by atoms with van der Waals surface area (Å²) in [6.07, 6.45) is 1.49. The first-order chi connectivity index (χ1) is 17.3. The summed E-state index contributed by atoms with van der Waals surface area (Å²) in [6, 6.07) is 4.74. The van der Waals surface area contributed by atoms with Crippen LogP contribution >= 0.6 is 7.44 Å². The molecule has 3 aromatic rings. The highest BCUT2D eigenvalue weighted by atomic mass is 31.2. The van der Waals surface area contributed by atoms with Gasteiger partial charge in [0.25, 0.3) is 13.4 Å². The highest BCUT2D eigenvalue weighted by Gasteiger charge is 2.39. The minimum absolute atomic E-state index is 0.0844. The maximum atomic E-state index is 13.9. The second-order valence-electron chi connectivity index (χ2n) is 9.31. The maximum absolute atomic E-state index is 13.9. The number of rotatable bonds is 11. The van der Waals surface area contributed by atoms with E-state index in [-0.39, 0.29) is 17.9 Å². The van der Waals surface area contributed by atoms with E-state index in [1.54, 1.807) is 25.3 Å². The largest absolute Gasteiger partial charge is 0.462 e. The van der Waals surface area contributed by atoms with Crippen molar-refractivity contribution < 1.29 is 28.0 Å². The lowest BCUT2D eigenvalue weighted by Gasteiger charge is -2.31. The smallest absolute Gasteiger partial charge is 0.326 e. The van der Waals surface area contributed by atoms with Crippen molar-refractivity contribution in [2.45, 2.75) is 58.9 Å². The van der Waals surface area contributed by atoms with E-state index in [1.807, 2.05) is 0 Å². The van der Waals surface area contributed by atoms with Gasteiger partial charge < -0.3 is 19.8 Å². The van der Waals surface area contributed by atoms with E-state index < -0.39 is 49.2 Å². The number of halogens is 1. The molecule has 0 aliphatic rings. The molecule has 0 bridgehead atoms. The third-order valence-corrected chi connectivity index (χ3v) is 7.12. The SMILES string of the molecule is CC(C)OC(=O)C(C)(C)NP(=O)(COC(C)Cn1cnc2c(N)ncnc21)NC(=O)c1ccc(F)cc1. The molecule has 0 aliphatic heterocycles. The number of nitrogen functional groups attached to an aromatic ring is 1. The Morgan fingerprint density at radius 3 is 2.49 bits per heavy atom. The first kappa shape index (κ1) is 28.2. The highest BCUT2D eigenvalue weighted by molar-refractivity contribution is 7.60. The summed E-state index contributed by atoms with van der Waals surface area (Å²) < 4.78 is 40.0. The van der Waals surface area contributed by atoms with Gasteiger partial charge in [0.1, 0.15) is 29.5 Å². The number of amides is 1. The zero-order valence-electron chi connectivity index (χ0n) is 21.3. The van der Waals surface area contributed by atoms with Crippen LogP contribution in [0.25, 0.3) is 11.2 Å². The average molecular weight is 536 g/mol. The van der Waals surface area contributed by atoms with Crippen LogP contribution in [0.1, 0.15) is 45.0 Å². The quantitative estimate of drug-likeness (QED) is 0.246. The van der Waals surface area contributed by atoms with Crippen molar-refractivity contribution in [2.24, 2.45) is 0 Å². The Morgan fingerprint density at radius 1 is 1.16 bits per heavy atom. The molecule has 2 aromatic heterocycles. The second kappa shape index (κ2) is 11.3. The number of nitrogens with two attached hydrogens (primary N) is 1. The molecule has 4 N–H and O–H groups in total. The Balaban J connectivity index is 1.77. The standard InChI is InChI=1S/C23H31FN7O5P/c1-14(2)36-22(33)23(4,5)30-37(34,29-21(32)16-6-8-17(24)9-7-16)13-35-15(3)10-31-12-28-18-19(25)26-11-27-20(18)31/h6-9,11-12,14-15H,10,13H2,1-5H3,(H2,25,26,27)(H2,29,30,32,34). The van der Waals surface area contributed by atoms with E-state index in [0.717, 1.165) is 12.1 Å². The number of ether oxygens (including phenoxy) is 2. The lowest BCUT2D eigenvalue weighted by Crippen LogP contribution is -2.49. The van der Waals surface area contributed by atoms with Crippen molar-refractivity contribution in [1.29, 1.82) is 0 Å². The van der Waals surface area contributed by atoms with Gasteiger partial charge in [0.2, 0.25) is 0 Å². The maximum Gasteiger partial charge on any atom is 0.326 e. The predicted octanol–water partition coefficient (Wildman–Crippen LogP) is 2.85. The summed E-state index contributed by atoms with van der Waals surface area (Å²) in [4.78, 5) is 37.7. The molecule has 0 aliphatic carbocycles. The van der Waals surface area contributed by atoms with E-state index in [4.69, 9.17) is 15.2 Å². The molecule has 200 valence electrons. The van der Waals surface area contributed by atoms with Gasteiger partial charge in [0.15, 0.2) is 11.5 Å². The number of hydrogen-bond acceptors (Lipinski definition) is 9. The number of imidazole rings is 1. The molecule has 0 saturated carbocycles. The molecule has 2 unspecified atom stereocenters. The Kier molecular flexibility index (Phi) is 8.62. The summed E-state index contributed by atoms with van der Waals surface area (Å²) in [6.45, 7) is 8.36. The molecule has 0 saturated heterocycles. The molecule has 14 heteroatoms. The number of nitrogens with zero attached hydrogens (tertiary/aromatic N) is 4. The van der Waals surface area contributed by atoms with E-state index in [0.29, 0.717) is 11.2 Å². The van der Waals surface area contributed by atoms with Gasteiger partial charge in [-0.1, -0.05) is 0 Å². The minimum atomic E-state index is -3.91. The van der Waals surface area contributed by atoms with Gasteiger partial charge in [-0.2, -0.15) is 0 Å². The summed E-state index contributed by atoms with van der Waals surface area (Å²) in [5, 5.41) is 5.17. The van der Waals surface area contributed by atoms with Gasteiger partial charge in [-0.15, -0.1) is 0 Å². The third kappa shape index (κ3) is 7.31. The van der Waals surface area contributed by atoms with Gasteiger partial charge in [-0.05, 0) is 58.9 Å². The Bertz CT molecular complexity index is 1310. The Labute approximate surface area is 213 Å². The van der Waals surface area contributed by atoms with Gasteiger partial charge in [0.05, 0.1) is 25.1 Å². The van der Waals surface area contributed by atoms with Crippen LogP contribution in [0.4, 0.5) is 10.2 Å². The van der Waals surface area contributed by atoms with Crippen molar-refractivity contribution >= 4 is 36.3 Å². The fraction of sp³-hybridized carbons (Fsp3) is 0.435. The Hall–Kier alpha value is -3.41. The van der Waals surface area contributed by atoms with Crippen molar-refractivity contribution in [3.05, 3.63) is 48.3 Å². The van der Waals surface area contributed by atoms with E-state index in [2.05, 4.69) is 25.1 Å². The Morgan fingerprint density at radius 2 is 1.84 bits per heavy atom. The molecule has 2 heterocycles. The number of fused-ring (bicyclic) bond motifs is 1. The number of anilines is 1. The van der Waals surface area contributed by atoms with Crippen LogP contribution in [0.3, 0.4) is 0 Å². The van der Waals surface area contributed by atoms with Crippen LogP contribution in [0, 0.1) is 5.82 Å². The lowest BCUT2D eigenvalue weighted by molar-refractivity contribution is -0.153. The predicted molar refractivity (Wildman–Crippen MR) is 135 cm³/mol. The first-order valence-electron chi connectivity index (χ1n) is 11.5. The fourth-order valence-electron chi connectivity index (χ4n) is 3.38. The number of hydrogen-bond donors (Lipinski definition) is 3. The monoisotopic (exact) mass is 535 g/mol. The molecular weight excluding hydrogens is 504 g/mol. The number of aromatic nitrogens is 4. The lowest BCUT2D eigenvalue weighted by atomic mass is 10.1. The summed E-state index contributed by atoms with van der Waals surface area (Å²) in [7, 11) is -3.91. The van der Waals surface area contributed by atoms with Crippen molar-refractivity contribution in [1.82, 2.24) is 29.7 Å². The summed E-state index contributed by atoms with van der Waals surface area (Å²) in [5.41, 5.74) is 5.43. The molecule has 0 fully saturated rings. The molecular formula is C23H31FN7O5P. The molecule has 3 rings (SSSR count). The van der Waals surface area contributed by atoms with Gasteiger partial charge >= 0.3 is 5.97 Å². The molecule has 37 heavy (non-hydrogen) atoms. The van der Waals surface area contributed by atoms with Crippen molar-refractivity contribution in [2.75, 3.05) is 12.1 Å². The van der Waals surface area contributed by atoms with Crippen LogP contribution < -0.4 is 15.9 Å². The van der Waals surface area contributed by atoms with Crippen LogP contribution in [0.2, 0.25) is 0 Å². The summed E-state index contributed by atoms with van der Waals surface area (Å²) >= 11 is 0. The number of carbonyl (C=O) groups excluding carboxylic acids is 2. The van der Waals surface area contributed by atoms with E-state index in [1.165, 1.54) is 38.6 Å². The van der Waals surface area contributed by atoms with Gasteiger partial charge in [0, 0.05) is 5.56 Å². The summed E-state index contributed by atoms with van der Waals surface area (Å²) in [5.74, 6) is -1.67. The van der Waals surface area contributed by atoms with Crippen LogP contribution in [-0.4, -0.2) is 55.5 Å². The van der Waals surface area contributed by atoms with Crippen LogP contribution in [0.5, 0.6) is 0 Å². The molecule has 1 amide bonds. The van der Waals surface area contributed by atoms with Gasteiger partial charge in [-0.3, -0.25) is 19.2 Å². The molecule has 12 nitrogen and oxygen atoms in total. The fourth-order valence-corrected chi connectivity index (χ4v) is 5.48. The second-order valence-corrected chi connectivity index (χ2v) is 11.5. The van der Waals surface area contributed by atoms with Crippen LogP contribution in [-0.2, 0) is 25.4 Å². The molecule has 2 atom stereocenters. The first-order valence-corrected chi connectivity index (χ1v) is 13.4. The van der Waals surface area contributed by atoms with Crippen LogP contribution in [0.15, 0.2) is 36.9 Å². The average Bonchev–Trinajstić information content (AvgIpc) is 3.21. The number of carbonyl (C=O) groups is 2. The number of esters is 1. The highest BCUT2D eigenvalue weighted by Crippen LogP contribution is 2.40. The minimum Gasteiger partial charge on any atom is -0.462 e. The van der Waals surface area contributed by atoms with Crippen molar-refractivity contribution in [3.8, 4) is 0 Å². The van der Waals surface area contributed by atoms with E-state index >= 15 is 0 Å². The molecule has 0 spiro atoms. The zero-order valence-corrected chi connectivity index (χ0v) is 22.2. The third-order valence-electron chi connectivity index (χ3n) is 5.13. The number of benzene rings is 1. The van der Waals surface area contributed by atoms with E-state index in [9.17, 15) is 18.5 Å². The van der Waals surface area contributed by atoms with Crippen molar-refractivity contribution in [3.63, 3.8) is 0 Å². The molecule has 0 radical (unpaired) electrons. The number of nitrogens with one attached hydrogen (secondary N) is 2. The zero-order chi connectivity index (χ0) is 27.4.